The van der Waals surface area contributed by atoms with Gasteiger partial charge in [-0.05, 0) is 60.9 Å². The van der Waals surface area contributed by atoms with E-state index in [4.69, 9.17) is 0 Å². The number of aromatic nitrogens is 1. The summed E-state index contributed by atoms with van der Waals surface area (Å²) in [5, 5.41) is 17.2. The van der Waals surface area contributed by atoms with Gasteiger partial charge in [0.05, 0.1) is 17.7 Å². The topological polar surface area (TPSA) is 89.6 Å². The van der Waals surface area contributed by atoms with Gasteiger partial charge in [-0.15, -0.1) is 13.2 Å². The van der Waals surface area contributed by atoms with Gasteiger partial charge in [0, 0.05) is 61.0 Å². The van der Waals surface area contributed by atoms with Crippen molar-refractivity contribution in [1.82, 2.24) is 20.5 Å². The molecule has 0 aliphatic carbocycles. The molecular weight excluding hydrogens is 557 g/mol. The highest BCUT2D eigenvalue weighted by Gasteiger charge is 2.34. The zero-order valence-corrected chi connectivity index (χ0v) is 23.7. The number of amides is 1. The quantitative estimate of drug-likeness (QED) is 0.226. The average Bonchev–Trinajstić information content (AvgIpc) is 3.39. The highest BCUT2D eigenvalue weighted by molar-refractivity contribution is 5.98. The Morgan fingerprint density at radius 1 is 1.02 bits per heavy atom. The van der Waals surface area contributed by atoms with Gasteiger partial charge in [0.15, 0.2) is 0 Å². The van der Waals surface area contributed by atoms with E-state index in [0.717, 1.165) is 60.8 Å². The Morgan fingerprint density at radius 2 is 1.72 bits per heavy atom. The van der Waals surface area contributed by atoms with Gasteiger partial charge < -0.3 is 25.5 Å². The number of aromatic amines is 1. The number of alkyl halides is 3. The number of halogens is 3. The smallest absolute Gasteiger partial charge is 0.405 e. The van der Waals surface area contributed by atoms with E-state index in [-0.39, 0.29) is 12.0 Å². The third-order valence-electron chi connectivity index (χ3n) is 7.39. The van der Waals surface area contributed by atoms with Crippen molar-refractivity contribution >= 4 is 16.8 Å². The number of hydrogen-bond donors (Lipinski definition) is 4. The van der Waals surface area contributed by atoms with Crippen molar-refractivity contribution in [1.29, 1.82) is 0 Å². The number of piperazine rings is 1. The molecule has 5 rings (SSSR count). The number of fused-ring (bicyclic) bond motifs is 1. The number of carbonyl (C=O) groups excluding carboxylic acids is 1. The van der Waals surface area contributed by atoms with Crippen LogP contribution in [0.4, 0.5) is 13.2 Å². The van der Waals surface area contributed by atoms with Crippen molar-refractivity contribution in [3.8, 4) is 17.6 Å². The molecule has 1 atom stereocenters. The highest BCUT2D eigenvalue weighted by atomic mass is 19.4. The second kappa shape index (κ2) is 12.9. The van der Waals surface area contributed by atoms with Crippen molar-refractivity contribution in [3.05, 3.63) is 101 Å². The summed E-state index contributed by atoms with van der Waals surface area (Å²) >= 11 is 0. The zero-order valence-electron chi connectivity index (χ0n) is 23.7. The van der Waals surface area contributed by atoms with Crippen molar-refractivity contribution in [2.75, 3.05) is 32.8 Å². The predicted octanol–water partition coefficient (Wildman–Crippen LogP) is 4.60. The third kappa shape index (κ3) is 7.96. The molecule has 1 amide bonds. The molecule has 1 aliphatic rings. The molecule has 4 aromatic rings. The predicted molar refractivity (Wildman–Crippen MR) is 159 cm³/mol. The molecule has 0 radical (unpaired) electrons. The van der Waals surface area contributed by atoms with Gasteiger partial charge in [-0.1, -0.05) is 42.2 Å². The minimum Gasteiger partial charge on any atom is -0.405 e. The molecule has 10 heteroatoms. The lowest BCUT2D eigenvalue weighted by Crippen LogP contribution is -2.50. The normalized spacial score (nSPS) is 15.4. The molecule has 1 fully saturated rings. The van der Waals surface area contributed by atoms with Gasteiger partial charge in [0.2, 0.25) is 0 Å². The first-order valence-electron chi connectivity index (χ1n) is 14.0. The van der Waals surface area contributed by atoms with Crippen LogP contribution >= 0.6 is 0 Å². The first kappa shape index (κ1) is 30.2. The van der Waals surface area contributed by atoms with Gasteiger partial charge in [0.25, 0.3) is 5.91 Å². The van der Waals surface area contributed by atoms with Crippen LogP contribution < -0.4 is 15.4 Å². The van der Waals surface area contributed by atoms with Crippen molar-refractivity contribution in [3.63, 3.8) is 0 Å². The fourth-order valence-electron chi connectivity index (χ4n) is 5.14. The Labute approximate surface area is 248 Å². The van der Waals surface area contributed by atoms with E-state index in [1.807, 2.05) is 48.5 Å². The standard InChI is InChI=1S/C33H33F3N4O3/c1-32(22-41,19-26-20-38-29-5-3-2-4-27(26)29)39-31(42)28-18-24(12-13-30(28)43-33(34,35)36)9-6-23-7-10-25(11-8-23)21-40-16-14-37-15-17-40/h2-5,7-8,10-13,18,20,37-38,41H,14-17,19,21-22H2,1H3,(H,39,42)/t32-/m1/s1. The minimum atomic E-state index is -5.00. The maximum Gasteiger partial charge on any atom is 0.573 e. The van der Waals surface area contributed by atoms with E-state index in [0.29, 0.717) is 5.56 Å². The van der Waals surface area contributed by atoms with Crippen LogP contribution in [-0.4, -0.2) is 65.6 Å². The van der Waals surface area contributed by atoms with E-state index < -0.39 is 30.2 Å². The molecule has 0 unspecified atom stereocenters. The van der Waals surface area contributed by atoms with E-state index in [1.165, 1.54) is 17.7 Å². The van der Waals surface area contributed by atoms with Crippen LogP contribution in [-0.2, 0) is 13.0 Å². The number of nitrogens with zero attached hydrogens (tertiary/aromatic N) is 1. The summed E-state index contributed by atoms with van der Waals surface area (Å²) in [5.74, 6) is 4.49. The molecule has 1 aliphatic heterocycles. The summed E-state index contributed by atoms with van der Waals surface area (Å²) < 4.78 is 43.8. The number of carbonyl (C=O) groups is 1. The monoisotopic (exact) mass is 590 g/mol. The van der Waals surface area contributed by atoms with Crippen LogP contribution in [0.5, 0.6) is 5.75 Å². The maximum atomic E-state index is 13.4. The molecule has 4 N–H and O–H groups in total. The SMILES string of the molecule is C[C@](CO)(Cc1c[nH]c2ccccc12)NC(=O)c1cc(C#Cc2ccc(CN3CCNCC3)cc2)ccc1OC(F)(F)F. The Hall–Kier alpha value is -4.30. The number of nitrogens with one attached hydrogen (secondary N) is 3. The summed E-state index contributed by atoms with van der Waals surface area (Å²) in [4.78, 5) is 18.9. The summed E-state index contributed by atoms with van der Waals surface area (Å²) in [6, 6.07) is 19.1. The van der Waals surface area contributed by atoms with Crippen LogP contribution in [0.2, 0.25) is 0 Å². The fourth-order valence-corrected chi connectivity index (χ4v) is 5.14. The Balaban J connectivity index is 1.35. The van der Waals surface area contributed by atoms with E-state index in [2.05, 4.69) is 37.1 Å². The first-order chi connectivity index (χ1) is 20.6. The first-order valence-corrected chi connectivity index (χ1v) is 14.0. The Morgan fingerprint density at radius 3 is 2.44 bits per heavy atom. The van der Waals surface area contributed by atoms with E-state index in [1.54, 1.807) is 13.1 Å². The summed E-state index contributed by atoms with van der Waals surface area (Å²) in [6.45, 7) is 5.96. The number of aliphatic hydroxyl groups is 1. The second-order valence-electron chi connectivity index (χ2n) is 10.9. The van der Waals surface area contributed by atoms with Gasteiger partial charge in [0.1, 0.15) is 5.75 Å². The summed E-state index contributed by atoms with van der Waals surface area (Å²) in [7, 11) is 0. The molecule has 224 valence electrons. The minimum absolute atomic E-state index is 0.235. The summed E-state index contributed by atoms with van der Waals surface area (Å²) in [5.41, 5.74) is 2.47. The van der Waals surface area contributed by atoms with Crippen LogP contribution in [0.25, 0.3) is 10.9 Å². The summed E-state index contributed by atoms with van der Waals surface area (Å²) in [6.07, 6.45) is -2.98. The number of para-hydroxylation sites is 1. The molecule has 1 aromatic heterocycles. The lowest BCUT2D eigenvalue weighted by atomic mass is 9.92. The van der Waals surface area contributed by atoms with Gasteiger partial charge in [-0.3, -0.25) is 9.69 Å². The largest absolute Gasteiger partial charge is 0.573 e. The molecule has 2 heterocycles. The number of aliphatic hydroxyl groups excluding tert-OH is 1. The van der Waals surface area contributed by atoms with Crippen LogP contribution in [0.1, 0.15) is 39.5 Å². The molecule has 0 saturated carbocycles. The number of benzene rings is 3. The maximum absolute atomic E-state index is 13.4. The Bertz CT molecular complexity index is 1630. The van der Waals surface area contributed by atoms with Crippen molar-refractivity contribution < 1.29 is 27.8 Å². The van der Waals surface area contributed by atoms with Crippen molar-refractivity contribution in [2.24, 2.45) is 0 Å². The highest BCUT2D eigenvalue weighted by Crippen LogP contribution is 2.29. The molecule has 0 spiro atoms. The molecule has 1 saturated heterocycles. The number of hydrogen-bond acceptors (Lipinski definition) is 5. The lowest BCUT2D eigenvalue weighted by Gasteiger charge is -2.29. The van der Waals surface area contributed by atoms with Gasteiger partial charge >= 0.3 is 6.36 Å². The van der Waals surface area contributed by atoms with E-state index >= 15 is 0 Å². The number of rotatable bonds is 8. The lowest BCUT2D eigenvalue weighted by molar-refractivity contribution is -0.274. The average molecular weight is 591 g/mol. The van der Waals surface area contributed by atoms with Crippen LogP contribution in [0.15, 0.2) is 72.9 Å². The Kier molecular flexibility index (Phi) is 9.06. The van der Waals surface area contributed by atoms with Gasteiger partial charge in [-0.25, -0.2) is 0 Å². The second-order valence-corrected chi connectivity index (χ2v) is 10.9. The third-order valence-corrected chi connectivity index (χ3v) is 7.39. The van der Waals surface area contributed by atoms with Crippen molar-refractivity contribution in [2.45, 2.75) is 31.8 Å². The molecular formula is C33H33F3N4O3. The zero-order chi connectivity index (χ0) is 30.5. The molecule has 3 aromatic carbocycles. The van der Waals surface area contributed by atoms with Gasteiger partial charge in [-0.2, -0.15) is 0 Å². The molecule has 0 bridgehead atoms. The number of ether oxygens (including phenoxy) is 1. The van der Waals surface area contributed by atoms with E-state index in [9.17, 15) is 23.1 Å². The fraction of sp³-hybridized carbons (Fsp3) is 0.303. The number of H-pyrrole nitrogens is 1. The van der Waals surface area contributed by atoms with Crippen LogP contribution in [0.3, 0.4) is 0 Å². The van der Waals surface area contributed by atoms with Crippen LogP contribution in [0, 0.1) is 11.8 Å². The molecule has 7 nitrogen and oxygen atoms in total. The molecule has 43 heavy (non-hydrogen) atoms.